The van der Waals surface area contributed by atoms with Gasteiger partial charge in [-0.15, -0.1) is 0 Å². The second kappa shape index (κ2) is 6.56. The molecular weight excluding hydrogens is 256 g/mol. The molecule has 20 heavy (non-hydrogen) atoms. The summed E-state index contributed by atoms with van der Waals surface area (Å²) < 4.78 is 0. The van der Waals surface area contributed by atoms with Crippen molar-refractivity contribution in [1.29, 1.82) is 0 Å². The smallest absolute Gasteiger partial charge is 0.173 e. The molecule has 1 aromatic heterocycles. The lowest BCUT2D eigenvalue weighted by molar-refractivity contribution is 0.302. The van der Waals surface area contributed by atoms with E-state index in [2.05, 4.69) is 5.16 Å². The summed E-state index contributed by atoms with van der Waals surface area (Å²) >= 11 is 0. The number of nitrogens with zero attached hydrogens (tertiary/aromatic N) is 3. The Bertz CT molecular complexity index is 502. The minimum Gasteiger partial charge on any atom is -0.409 e. The van der Waals surface area contributed by atoms with E-state index in [0.717, 1.165) is 31.4 Å². The molecule has 0 bridgehead atoms. The molecule has 0 unspecified atom stereocenters. The van der Waals surface area contributed by atoms with Crippen LogP contribution in [0.2, 0.25) is 0 Å². The van der Waals surface area contributed by atoms with Crippen molar-refractivity contribution in [3.63, 3.8) is 0 Å². The lowest BCUT2D eigenvalue weighted by atomic mass is 9.94. The van der Waals surface area contributed by atoms with Crippen LogP contribution in [0.4, 0.5) is 5.82 Å². The lowest BCUT2D eigenvalue weighted by Gasteiger charge is -2.26. The number of fused-ring (bicyclic) bond motifs is 1. The van der Waals surface area contributed by atoms with Crippen LogP contribution in [0.15, 0.2) is 11.2 Å². The van der Waals surface area contributed by atoms with Crippen molar-refractivity contribution < 1.29 is 10.3 Å². The van der Waals surface area contributed by atoms with Crippen molar-refractivity contribution in [1.82, 2.24) is 4.98 Å². The van der Waals surface area contributed by atoms with Gasteiger partial charge in [0, 0.05) is 18.8 Å². The number of anilines is 1. The maximum Gasteiger partial charge on any atom is 0.173 e. The largest absolute Gasteiger partial charge is 0.409 e. The zero-order valence-corrected chi connectivity index (χ0v) is 11.8. The first kappa shape index (κ1) is 14.6. The quantitative estimate of drug-likeness (QED) is 0.321. The van der Waals surface area contributed by atoms with Gasteiger partial charge in [0.15, 0.2) is 5.84 Å². The van der Waals surface area contributed by atoms with E-state index in [1.165, 1.54) is 5.56 Å². The summed E-state index contributed by atoms with van der Waals surface area (Å²) in [5, 5.41) is 21.3. The Kier molecular flexibility index (Phi) is 4.79. The molecule has 110 valence electrons. The Balaban J connectivity index is 2.51. The van der Waals surface area contributed by atoms with Crippen LogP contribution in [0.3, 0.4) is 0 Å². The zero-order chi connectivity index (χ0) is 14.5. The highest BCUT2D eigenvalue weighted by molar-refractivity contribution is 6.01. The first-order valence-corrected chi connectivity index (χ1v) is 7.07. The highest BCUT2D eigenvalue weighted by Crippen LogP contribution is 2.26. The van der Waals surface area contributed by atoms with E-state index in [-0.39, 0.29) is 12.4 Å². The number of nitrogens with two attached hydrogens (primary N) is 1. The molecule has 1 aromatic rings. The van der Waals surface area contributed by atoms with E-state index in [1.54, 1.807) is 0 Å². The first-order chi connectivity index (χ1) is 9.71. The van der Waals surface area contributed by atoms with Crippen LogP contribution in [0.1, 0.15) is 36.6 Å². The minimum absolute atomic E-state index is 0.0439. The van der Waals surface area contributed by atoms with E-state index >= 15 is 0 Å². The van der Waals surface area contributed by atoms with Gasteiger partial charge >= 0.3 is 0 Å². The van der Waals surface area contributed by atoms with Gasteiger partial charge in [0.05, 0.1) is 12.2 Å². The number of rotatable bonds is 5. The molecule has 0 fully saturated rings. The van der Waals surface area contributed by atoms with Crippen LogP contribution < -0.4 is 10.6 Å². The summed E-state index contributed by atoms with van der Waals surface area (Å²) in [5.41, 5.74) is 8.71. The van der Waals surface area contributed by atoms with Crippen molar-refractivity contribution in [3.05, 3.63) is 22.9 Å². The molecule has 1 aliphatic rings. The van der Waals surface area contributed by atoms with Gasteiger partial charge < -0.3 is 20.9 Å². The van der Waals surface area contributed by atoms with Crippen LogP contribution in [0, 0.1) is 0 Å². The van der Waals surface area contributed by atoms with E-state index in [0.29, 0.717) is 24.5 Å². The van der Waals surface area contributed by atoms with Crippen molar-refractivity contribution in [2.24, 2.45) is 10.9 Å². The van der Waals surface area contributed by atoms with E-state index in [1.807, 2.05) is 17.9 Å². The molecule has 6 heteroatoms. The van der Waals surface area contributed by atoms with Crippen LogP contribution >= 0.6 is 0 Å². The average Bonchev–Trinajstić information content (AvgIpc) is 2.50. The second-order valence-corrected chi connectivity index (χ2v) is 4.96. The Labute approximate surface area is 118 Å². The molecule has 0 spiro atoms. The Morgan fingerprint density at radius 3 is 2.85 bits per heavy atom. The summed E-state index contributed by atoms with van der Waals surface area (Å²) in [6.45, 7) is 3.22. The molecule has 1 aliphatic carbocycles. The Morgan fingerprint density at radius 1 is 1.45 bits per heavy atom. The monoisotopic (exact) mass is 278 g/mol. The number of likely N-dealkylation sites (N-methyl/N-ethyl adjacent to an activating group) is 1. The number of oxime groups is 1. The van der Waals surface area contributed by atoms with E-state index in [4.69, 9.17) is 15.9 Å². The number of aryl methyl sites for hydroxylation is 2. The Morgan fingerprint density at radius 2 is 2.20 bits per heavy atom. The minimum atomic E-state index is 0.0439. The number of amidine groups is 1. The van der Waals surface area contributed by atoms with Crippen molar-refractivity contribution in [2.45, 2.75) is 32.6 Å². The van der Waals surface area contributed by atoms with Gasteiger partial charge in [-0.2, -0.15) is 0 Å². The van der Waals surface area contributed by atoms with Crippen molar-refractivity contribution in [2.75, 3.05) is 24.6 Å². The van der Waals surface area contributed by atoms with Crippen molar-refractivity contribution in [3.8, 4) is 0 Å². The molecule has 0 saturated carbocycles. The number of hydrogen-bond acceptors (Lipinski definition) is 5. The fraction of sp³-hybridized carbons (Fsp3) is 0.571. The first-order valence-electron chi connectivity index (χ1n) is 7.07. The average molecular weight is 278 g/mol. The molecule has 0 atom stereocenters. The SMILES string of the molecule is CCN(CCO)c1nc2c(cc1C(N)=NO)CCCC2. The van der Waals surface area contributed by atoms with Gasteiger partial charge in [0.2, 0.25) is 0 Å². The number of aliphatic hydroxyl groups is 1. The van der Waals surface area contributed by atoms with Gasteiger partial charge in [-0.3, -0.25) is 0 Å². The predicted molar refractivity (Wildman–Crippen MR) is 78.4 cm³/mol. The Hall–Kier alpha value is -1.82. The number of aromatic nitrogens is 1. The molecule has 0 amide bonds. The summed E-state index contributed by atoms with van der Waals surface area (Å²) in [6, 6.07) is 1.98. The number of hydrogen-bond donors (Lipinski definition) is 3. The van der Waals surface area contributed by atoms with Crippen LogP contribution in [0.25, 0.3) is 0 Å². The highest BCUT2D eigenvalue weighted by atomic mass is 16.4. The lowest BCUT2D eigenvalue weighted by Crippen LogP contribution is -2.31. The molecule has 0 radical (unpaired) electrons. The molecule has 1 heterocycles. The predicted octanol–water partition coefficient (Wildman–Crippen LogP) is 0.873. The third-order valence-corrected chi connectivity index (χ3v) is 3.72. The highest BCUT2D eigenvalue weighted by Gasteiger charge is 2.20. The normalized spacial score (nSPS) is 15.0. The molecule has 0 aromatic carbocycles. The topological polar surface area (TPSA) is 95.0 Å². The van der Waals surface area contributed by atoms with Crippen LogP contribution in [-0.2, 0) is 12.8 Å². The maximum absolute atomic E-state index is 9.17. The van der Waals surface area contributed by atoms with Crippen LogP contribution in [0.5, 0.6) is 0 Å². The van der Waals surface area contributed by atoms with Crippen LogP contribution in [-0.4, -0.2) is 40.8 Å². The van der Waals surface area contributed by atoms with Gasteiger partial charge in [-0.1, -0.05) is 5.16 Å². The summed E-state index contributed by atoms with van der Waals surface area (Å²) in [5.74, 6) is 0.759. The summed E-state index contributed by atoms with van der Waals surface area (Å²) in [4.78, 5) is 6.66. The maximum atomic E-state index is 9.17. The van der Waals surface area contributed by atoms with Gasteiger partial charge in [-0.25, -0.2) is 4.98 Å². The van der Waals surface area contributed by atoms with Gasteiger partial charge in [0.1, 0.15) is 5.82 Å². The fourth-order valence-corrected chi connectivity index (χ4v) is 2.64. The molecular formula is C14H22N4O2. The van der Waals surface area contributed by atoms with Gasteiger partial charge in [-0.05, 0) is 44.2 Å². The molecule has 6 nitrogen and oxygen atoms in total. The molecule has 0 saturated heterocycles. The van der Waals surface area contributed by atoms with Gasteiger partial charge in [0.25, 0.3) is 0 Å². The molecule has 2 rings (SSSR count). The third kappa shape index (κ3) is 2.85. The molecule has 0 aliphatic heterocycles. The number of aliphatic hydroxyl groups excluding tert-OH is 1. The summed E-state index contributed by atoms with van der Waals surface area (Å²) in [6.07, 6.45) is 4.25. The van der Waals surface area contributed by atoms with E-state index < -0.39 is 0 Å². The third-order valence-electron chi connectivity index (χ3n) is 3.72. The van der Waals surface area contributed by atoms with E-state index in [9.17, 15) is 5.11 Å². The second-order valence-electron chi connectivity index (χ2n) is 4.96. The van der Waals surface area contributed by atoms with Crippen molar-refractivity contribution >= 4 is 11.7 Å². The molecule has 4 N–H and O–H groups in total. The standard InChI is InChI=1S/C14H22N4O2/c1-2-18(7-8-19)14-11(13(15)17-20)9-10-5-3-4-6-12(10)16-14/h9,19-20H,2-8H2,1H3,(H2,15,17). The fourth-order valence-electron chi connectivity index (χ4n) is 2.64. The zero-order valence-electron chi connectivity index (χ0n) is 11.8. The number of pyridine rings is 1. The summed E-state index contributed by atoms with van der Waals surface area (Å²) in [7, 11) is 0.